The highest BCUT2D eigenvalue weighted by Gasteiger charge is 2.26. The third kappa shape index (κ3) is 2.61. The summed E-state index contributed by atoms with van der Waals surface area (Å²) in [6.07, 6.45) is 5.50. The van der Waals surface area contributed by atoms with Gasteiger partial charge in [-0.15, -0.1) is 0 Å². The molecule has 3 rings (SSSR count). The third-order valence-corrected chi connectivity index (χ3v) is 3.74. The van der Waals surface area contributed by atoms with E-state index in [9.17, 15) is 0 Å². The predicted molar refractivity (Wildman–Crippen MR) is 75.2 cm³/mol. The van der Waals surface area contributed by atoms with Crippen LogP contribution in [-0.2, 0) is 6.42 Å². The second kappa shape index (κ2) is 5.41. The molecule has 0 bridgehead atoms. The van der Waals surface area contributed by atoms with E-state index in [4.69, 9.17) is 10.5 Å². The Morgan fingerprint density at radius 1 is 1.21 bits per heavy atom. The second-order valence-corrected chi connectivity index (χ2v) is 5.00. The van der Waals surface area contributed by atoms with Crippen LogP contribution in [0.15, 0.2) is 48.8 Å². The fraction of sp³-hybridized carbons (Fsp3) is 0.312. The first kappa shape index (κ1) is 12.2. The minimum Gasteiger partial charge on any atom is -0.493 e. The standard InChI is InChI=1S/C16H18N2O/c17-15(11-12-5-8-18-9-6-12)13-7-10-19-16-4-2-1-3-14(13)16/h1-6,8-9,13,15H,7,10-11,17H2. The van der Waals surface area contributed by atoms with Crippen LogP contribution in [-0.4, -0.2) is 17.6 Å². The molecule has 0 amide bonds. The molecule has 1 aliphatic heterocycles. The van der Waals surface area contributed by atoms with Crippen LogP contribution in [0.4, 0.5) is 0 Å². The number of benzene rings is 1. The van der Waals surface area contributed by atoms with Crippen molar-refractivity contribution in [1.82, 2.24) is 4.98 Å². The molecule has 2 N–H and O–H groups in total. The lowest BCUT2D eigenvalue weighted by Crippen LogP contribution is -2.34. The van der Waals surface area contributed by atoms with E-state index in [2.05, 4.69) is 17.1 Å². The van der Waals surface area contributed by atoms with Crippen LogP contribution in [0.5, 0.6) is 5.75 Å². The molecule has 0 saturated heterocycles. The molecule has 1 aromatic carbocycles. The Hall–Kier alpha value is -1.87. The average molecular weight is 254 g/mol. The van der Waals surface area contributed by atoms with Crippen LogP contribution < -0.4 is 10.5 Å². The minimum atomic E-state index is 0.118. The van der Waals surface area contributed by atoms with Gasteiger partial charge in [-0.3, -0.25) is 4.98 Å². The highest BCUT2D eigenvalue weighted by atomic mass is 16.5. The number of rotatable bonds is 3. The number of ether oxygens (including phenoxy) is 1. The van der Waals surface area contributed by atoms with Gasteiger partial charge in [0, 0.05) is 24.4 Å². The first-order chi connectivity index (χ1) is 9.34. The van der Waals surface area contributed by atoms with Gasteiger partial charge in [0.15, 0.2) is 0 Å². The zero-order valence-corrected chi connectivity index (χ0v) is 10.8. The van der Waals surface area contributed by atoms with Gasteiger partial charge < -0.3 is 10.5 Å². The topological polar surface area (TPSA) is 48.1 Å². The molecule has 0 aliphatic carbocycles. The van der Waals surface area contributed by atoms with E-state index in [1.54, 1.807) is 0 Å². The molecule has 2 unspecified atom stereocenters. The van der Waals surface area contributed by atoms with E-state index in [0.717, 1.165) is 25.2 Å². The Kier molecular flexibility index (Phi) is 3.47. The highest BCUT2D eigenvalue weighted by molar-refractivity contribution is 5.39. The summed E-state index contributed by atoms with van der Waals surface area (Å²) in [4.78, 5) is 4.04. The molecular formula is C16H18N2O. The maximum Gasteiger partial charge on any atom is 0.122 e. The number of hydrogen-bond donors (Lipinski definition) is 1. The molecular weight excluding hydrogens is 236 g/mol. The van der Waals surface area contributed by atoms with Crippen molar-refractivity contribution in [3.05, 3.63) is 59.9 Å². The van der Waals surface area contributed by atoms with Crippen molar-refractivity contribution in [3.63, 3.8) is 0 Å². The van der Waals surface area contributed by atoms with Crippen LogP contribution in [0.2, 0.25) is 0 Å². The van der Waals surface area contributed by atoms with Crippen LogP contribution in [0.1, 0.15) is 23.5 Å². The number of nitrogens with two attached hydrogens (primary N) is 1. The van der Waals surface area contributed by atoms with E-state index >= 15 is 0 Å². The normalized spacial score (nSPS) is 19.3. The molecule has 1 aliphatic rings. The van der Waals surface area contributed by atoms with Crippen molar-refractivity contribution in [3.8, 4) is 5.75 Å². The maximum atomic E-state index is 6.42. The van der Waals surface area contributed by atoms with Crippen LogP contribution >= 0.6 is 0 Å². The molecule has 0 spiro atoms. The molecule has 0 radical (unpaired) electrons. The fourth-order valence-electron chi connectivity index (χ4n) is 2.75. The van der Waals surface area contributed by atoms with Crippen LogP contribution in [0, 0.1) is 0 Å². The molecule has 0 saturated carbocycles. The molecule has 98 valence electrons. The summed E-state index contributed by atoms with van der Waals surface area (Å²) in [5.41, 5.74) is 8.91. The molecule has 3 heteroatoms. The van der Waals surface area contributed by atoms with Crippen LogP contribution in [0.25, 0.3) is 0 Å². The first-order valence-electron chi connectivity index (χ1n) is 6.71. The van der Waals surface area contributed by atoms with Crippen molar-refractivity contribution >= 4 is 0 Å². The molecule has 2 aromatic rings. The summed E-state index contributed by atoms with van der Waals surface area (Å²) in [5.74, 6) is 1.36. The summed E-state index contributed by atoms with van der Waals surface area (Å²) in [7, 11) is 0. The Bertz CT molecular complexity index is 541. The highest BCUT2D eigenvalue weighted by Crippen LogP contribution is 2.35. The number of hydrogen-bond acceptors (Lipinski definition) is 3. The Balaban J connectivity index is 1.80. The quantitative estimate of drug-likeness (QED) is 0.915. The zero-order valence-electron chi connectivity index (χ0n) is 10.8. The number of nitrogens with zero attached hydrogens (tertiary/aromatic N) is 1. The van der Waals surface area contributed by atoms with Crippen molar-refractivity contribution in [2.24, 2.45) is 5.73 Å². The van der Waals surface area contributed by atoms with Crippen molar-refractivity contribution < 1.29 is 4.74 Å². The fourth-order valence-corrected chi connectivity index (χ4v) is 2.75. The summed E-state index contributed by atoms with van der Waals surface area (Å²) < 4.78 is 5.69. The minimum absolute atomic E-state index is 0.118. The zero-order chi connectivity index (χ0) is 13.1. The maximum absolute atomic E-state index is 6.42. The lowest BCUT2D eigenvalue weighted by Gasteiger charge is -2.30. The number of aromatic nitrogens is 1. The van der Waals surface area contributed by atoms with Gasteiger partial charge in [-0.05, 0) is 42.2 Å². The monoisotopic (exact) mass is 254 g/mol. The van der Waals surface area contributed by atoms with Gasteiger partial charge in [-0.2, -0.15) is 0 Å². The smallest absolute Gasteiger partial charge is 0.122 e. The average Bonchev–Trinajstić information content (AvgIpc) is 2.47. The molecule has 2 atom stereocenters. The van der Waals surface area contributed by atoms with Crippen molar-refractivity contribution in [2.75, 3.05) is 6.61 Å². The van der Waals surface area contributed by atoms with Gasteiger partial charge in [0.2, 0.25) is 0 Å². The molecule has 1 aromatic heterocycles. The summed E-state index contributed by atoms with van der Waals surface area (Å²) in [6, 6.07) is 12.4. The molecule has 0 fully saturated rings. The Morgan fingerprint density at radius 3 is 2.84 bits per heavy atom. The molecule has 3 nitrogen and oxygen atoms in total. The lowest BCUT2D eigenvalue weighted by atomic mass is 9.84. The summed E-state index contributed by atoms with van der Waals surface area (Å²) >= 11 is 0. The van der Waals surface area contributed by atoms with Gasteiger partial charge in [-0.1, -0.05) is 18.2 Å². The third-order valence-electron chi connectivity index (χ3n) is 3.74. The second-order valence-electron chi connectivity index (χ2n) is 5.00. The largest absolute Gasteiger partial charge is 0.493 e. The molecule has 19 heavy (non-hydrogen) atoms. The van der Waals surface area contributed by atoms with E-state index in [-0.39, 0.29) is 6.04 Å². The SMILES string of the molecule is NC(Cc1ccncc1)C1CCOc2ccccc21. The van der Waals surface area contributed by atoms with Crippen molar-refractivity contribution in [1.29, 1.82) is 0 Å². The summed E-state index contributed by atoms with van der Waals surface area (Å²) in [6.45, 7) is 0.756. The van der Waals surface area contributed by atoms with Gasteiger partial charge in [-0.25, -0.2) is 0 Å². The van der Waals surface area contributed by atoms with Crippen LogP contribution in [0.3, 0.4) is 0 Å². The van der Waals surface area contributed by atoms with Gasteiger partial charge in [0.05, 0.1) is 6.61 Å². The van der Waals surface area contributed by atoms with E-state index < -0.39 is 0 Å². The van der Waals surface area contributed by atoms with Gasteiger partial charge >= 0.3 is 0 Å². The molecule has 2 heterocycles. The number of pyridine rings is 1. The van der Waals surface area contributed by atoms with E-state index in [1.165, 1.54) is 11.1 Å². The summed E-state index contributed by atoms with van der Waals surface area (Å²) in [5, 5.41) is 0. The predicted octanol–water partition coefficient (Wildman–Crippen LogP) is 2.52. The van der Waals surface area contributed by atoms with Gasteiger partial charge in [0.1, 0.15) is 5.75 Å². The number of para-hydroxylation sites is 1. The van der Waals surface area contributed by atoms with Crippen molar-refractivity contribution in [2.45, 2.75) is 24.8 Å². The van der Waals surface area contributed by atoms with E-state index in [1.807, 2.05) is 36.7 Å². The Labute approximate surface area is 113 Å². The Morgan fingerprint density at radius 2 is 2.00 bits per heavy atom. The number of fused-ring (bicyclic) bond motifs is 1. The first-order valence-corrected chi connectivity index (χ1v) is 6.71. The lowest BCUT2D eigenvalue weighted by molar-refractivity contribution is 0.254. The van der Waals surface area contributed by atoms with Gasteiger partial charge in [0.25, 0.3) is 0 Å². The van der Waals surface area contributed by atoms with E-state index in [0.29, 0.717) is 5.92 Å².